The molecule has 130 valence electrons. The lowest BCUT2D eigenvalue weighted by Crippen LogP contribution is -2.07. The van der Waals surface area contributed by atoms with Crippen LogP contribution in [-0.2, 0) is 20.0 Å². The summed E-state index contributed by atoms with van der Waals surface area (Å²) in [6.45, 7) is 9.34. The zero-order valence-electron chi connectivity index (χ0n) is 15.9. The lowest BCUT2D eigenvalue weighted by molar-refractivity contribution is 0.812. The molecule has 0 spiro atoms. The third kappa shape index (κ3) is 3.76. The lowest BCUT2D eigenvalue weighted by atomic mass is 10.1. The Morgan fingerprint density at radius 2 is 1.64 bits per heavy atom. The van der Waals surface area contributed by atoms with Crippen molar-refractivity contribution in [2.45, 2.75) is 40.7 Å². The Labute approximate surface area is 150 Å². The summed E-state index contributed by atoms with van der Waals surface area (Å²) in [5, 5.41) is 3.57. The maximum absolute atomic E-state index is 4.83. The Morgan fingerprint density at radius 3 is 2.24 bits per heavy atom. The smallest absolute Gasteiger partial charge is 0.128 e. The van der Waals surface area contributed by atoms with Gasteiger partial charge in [0.25, 0.3) is 0 Å². The Bertz CT molecular complexity index is 850. The first-order chi connectivity index (χ1) is 12.0. The van der Waals surface area contributed by atoms with E-state index >= 15 is 0 Å². The fourth-order valence-corrected chi connectivity index (χ4v) is 3.35. The summed E-state index contributed by atoms with van der Waals surface area (Å²) < 4.78 is 2.11. The summed E-state index contributed by atoms with van der Waals surface area (Å²) in [4.78, 5) is 4.83. The molecule has 3 rings (SSSR count). The van der Waals surface area contributed by atoms with E-state index in [4.69, 9.17) is 4.98 Å². The van der Waals surface area contributed by atoms with E-state index in [2.05, 4.69) is 87.2 Å². The monoisotopic (exact) mass is 333 g/mol. The van der Waals surface area contributed by atoms with Crippen LogP contribution in [0.5, 0.6) is 0 Å². The average Bonchev–Trinajstić information content (AvgIpc) is 2.95. The number of anilines is 1. The van der Waals surface area contributed by atoms with E-state index in [1.54, 1.807) is 0 Å². The summed E-state index contributed by atoms with van der Waals surface area (Å²) in [7, 11) is 2.06. The maximum atomic E-state index is 4.83. The van der Waals surface area contributed by atoms with Gasteiger partial charge in [-0.3, -0.25) is 0 Å². The zero-order valence-corrected chi connectivity index (χ0v) is 15.9. The van der Waals surface area contributed by atoms with Crippen molar-refractivity contribution in [3.63, 3.8) is 0 Å². The molecule has 0 atom stereocenters. The Kier molecular flexibility index (Phi) is 4.93. The molecule has 1 heterocycles. The van der Waals surface area contributed by atoms with Crippen LogP contribution in [0.3, 0.4) is 0 Å². The molecule has 0 saturated heterocycles. The van der Waals surface area contributed by atoms with Gasteiger partial charge in [0.05, 0.1) is 12.2 Å². The first-order valence-electron chi connectivity index (χ1n) is 8.91. The zero-order chi connectivity index (χ0) is 18.0. The average molecular weight is 333 g/mol. The maximum Gasteiger partial charge on any atom is 0.128 e. The quantitative estimate of drug-likeness (QED) is 0.696. The minimum atomic E-state index is 0.717. The molecule has 0 unspecified atom stereocenters. The number of hydrogen-bond donors (Lipinski definition) is 1. The van der Waals surface area contributed by atoms with Crippen molar-refractivity contribution in [2.75, 3.05) is 5.32 Å². The normalized spacial score (nSPS) is 10.9. The number of aryl methyl sites for hydroxylation is 5. The second-order valence-electron chi connectivity index (χ2n) is 6.83. The van der Waals surface area contributed by atoms with Gasteiger partial charge >= 0.3 is 0 Å². The van der Waals surface area contributed by atoms with Crippen molar-refractivity contribution in [1.29, 1.82) is 0 Å². The first-order valence-corrected chi connectivity index (χ1v) is 8.91. The van der Waals surface area contributed by atoms with Gasteiger partial charge in [0.15, 0.2) is 0 Å². The van der Waals surface area contributed by atoms with Crippen molar-refractivity contribution < 1.29 is 0 Å². The predicted molar refractivity (Wildman–Crippen MR) is 106 cm³/mol. The van der Waals surface area contributed by atoms with Crippen LogP contribution in [0.25, 0.3) is 11.3 Å². The second kappa shape index (κ2) is 7.14. The summed E-state index contributed by atoms with van der Waals surface area (Å²) >= 11 is 0. The molecule has 1 aromatic heterocycles. The summed E-state index contributed by atoms with van der Waals surface area (Å²) in [6.07, 6.45) is 3.17. The predicted octanol–water partition coefficient (Wildman–Crippen LogP) is 5.19. The van der Waals surface area contributed by atoms with E-state index < -0.39 is 0 Å². The molecule has 0 saturated carbocycles. The van der Waals surface area contributed by atoms with Crippen LogP contribution in [0.1, 0.15) is 35.0 Å². The minimum absolute atomic E-state index is 0.717. The number of benzene rings is 2. The fourth-order valence-electron chi connectivity index (χ4n) is 3.35. The van der Waals surface area contributed by atoms with Gasteiger partial charge in [-0.2, -0.15) is 0 Å². The molecule has 0 aliphatic carbocycles. The van der Waals surface area contributed by atoms with Gasteiger partial charge in [-0.15, -0.1) is 0 Å². The molecular weight excluding hydrogens is 306 g/mol. The highest BCUT2D eigenvalue weighted by Crippen LogP contribution is 2.23. The molecule has 2 aromatic carbocycles. The van der Waals surface area contributed by atoms with Crippen LogP contribution in [0.2, 0.25) is 0 Å². The van der Waals surface area contributed by atoms with Crippen molar-refractivity contribution >= 4 is 5.69 Å². The van der Waals surface area contributed by atoms with E-state index in [0.717, 1.165) is 17.9 Å². The van der Waals surface area contributed by atoms with Gasteiger partial charge in [-0.25, -0.2) is 4.98 Å². The van der Waals surface area contributed by atoms with Gasteiger partial charge in [0.2, 0.25) is 0 Å². The Hall–Kier alpha value is -2.55. The number of aromatic nitrogens is 2. The number of hydrogen-bond acceptors (Lipinski definition) is 2. The van der Waals surface area contributed by atoms with E-state index in [1.165, 1.54) is 33.5 Å². The largest absolute Gasteiger partial charge is 0.377 e. The van der Waals surface area contributed by atoms with Gasteiger partial charge in [-0.1, -0.05) is 48.9 Å². The van der Waals surface area contributed by atoms with Gasteiger partial charge in [-0.05, 0) is 43.9 Å². The summed E-state index contributed by atoms with van der Waals surface area (Å²) in [5.74, 6) is 1.04. The Balaban J connectivity index is 1.79. The molecule has 0 bridgehead atoms. The third-order valence-corrected chi connectivity index (χ3v) is 4.73. The summed E-state index contributed by atoms with van der Waals surface area (Å²) in [5.41, 5.74) is 8.62. The van der Waals surface area contributed by atoms with Crippen LogP contribution in [0.4, 0.5) is 5.69 Å². The highest BCUT2D eigenvalue weighted by atomic mass is 15.1. The number of nitrogens with one attached hydrogen (secondary N) is 1. The first kappa shape index (κ1) is 17.3. The van der Waals surface area contributed by atoms with Crippen LogP contribution in [-0.4, -0.2) is 9.55 Å². The molecular formula is C22H27N3. The van der Waals surface area contributed by atoms with E-state index in [0.29, 0.717) is 6.54 Å². The van der Waals surface area contributed by atoms with Crippen molar-refractivity contribution in [3.05, 3.63) is 70.7 Å². The van der Waals surface area contributed by atoms with Gasteiger partial charge in [0, 0.05) is 24.5 Å². The summed E-state index contributed by atoms with van der Waals surface area (Å²) in [6, 6.07) is 13.1. The van der Waals surface area contributed by atoms with Gasteiger partial charge < -0.3 is 9.88 Å². The molecule has 0 fully saturated rings. The topological polar surface area (TPSA) is 29.9 Å². The SMILES string of the molecule is CCc1ccc(-c2cn(C)c(CNc3c(C)cc(C)cc3C)n2)cc1. The van der Waals surface area contributed by atoms with Crippen molar-refractivity contribution in [3.8, 4) is 11.3 Å². The molecule has 0 aliphatic rings. The highest BCUT2D eigenvalue weighted by molar-refractivity contribution is 5.60. The lowest BCUT2D eigenvalue weighted by Gasteiger charge is -2.13. The molecule has 3 aromatic rings. The minimum Gasteiger partial charge on any atom is -0.377 e. The van der Waals surface area contributed by atoms with Crippen molar-refractivity contribution in [1.82, 2.24) is 9.55 Å². The molecule has 0 amide bonds. The fraction of sp³-hybridized carbons (Fsp3) is 0.318. The highest BCUT2D eigenvalue weighted by Gasteiger charge is 2.09. The second-order valence-corrected chi connectivity index (χ2v) is 6.83. The van der Waals surface area contributed by atoms with Crippen molar-refractivity contribution in [2.24, 2.45) is 7.05 Å². The van der Waals surface area contributed by atoms with E-state index in [9.17, 15) is 0 Å². The standard InChI is InChI=1S/C22H27N3/c1-6-18-7-9-19(10-8-18)20-14-25(5)21(24-20)13-23-22-16(3)11-15(2)12-17(22)4/h7-12,14,23H,6,13H2,1-5H3. The van der Waals surface area contributed by atoms with Crippen LogP contribution in [0, 0.1) is 20.8 Å². The molecule has 1 N–H and O–H groups in total. The third-order valence-electron chi connectivity index (χ3n) is 4.73. The molecule has 25 heavy (non-hydrogen) atoms. The number of imidazole rings is 1. The van der Waals surface area contributed by atoms with Crippen LogP contribution >= 0.6 is 0 Å². The molecule has 0 radical (unpaired) electrons. The Morgan fingerprint density at radius 1 is 1.00 bits per heavy atom. The van der Waals surface area contributed by atoms with Crippen LogP contribution in [0.15, 0.2) is 42.6 Å². The van der Waals surface area contributed by atoms with E-state index in [-0.39, 0.29) is 0 Å². The number of nitrogens with zero attached hydrogens (tertiary/aromatic N) is 2. The molecule has 3 nitrogen and oxygen atoms in total. The van der Waals surface area contributed by atoms with Gasteiger partial charge in [0.1, 0.15) is 5.82 Å². The number of rotatable bonds is 5. The van der Waals surface area contributed by atoms with E-state index in [1.807, 2.05) is 0 Å². The molecule has 0 aliphatic heterocycles. The van der Waals surface area contributed by atoms with Crippen LogP contribution < -0.4 is 5.32 Å². The molecule has 3 heteroatoms.